The summed E-state index contributed by atoms with van der Waals surface area (Å²) in [6.07, 6.45) is 3.60. The van der Waals surface area contributed by atoms with Gasteiger partial charge in [0.05, 0.1) is 32.9 Å². The number of rotatable bonds is 5. The van der Waals surface area contributed by atoms with Gasteiger partial charge in [-0.25, -0.2) is 0 Å². The van der Waals surface area contributed by atoms with Crippen LogP contribution in [-0.2, 0) is 11.2 Å². The number of aromatic amines is 1. The first-order valence-corrected chi connectivity index (χ1v) is 11.3. The number of nitrogens with zero attached hydrogens (tertiary/aromatic N) is 1. The number of nitrogens with one attached hydrogen (secondary N) is 1. The summed E-state index contributed by atoms with van der Waals surface area (Å²) in [4.78, 5) is 31.7. The molecule has 1 saturated carbocycles. The van der Waals surface area contributed by atoms with E-state index in [1.54, 1.807) is 27.4 Å². The van der Waals surface area contributed by atoms with Gasteiger partial charge < -0.3 is 24.1 Å². The number of hydrogen-bond donors (Lipinski definition) is 1. The molecule has 2 heterocycles. The normalized spacial score (nSPS) is 17.9. The molecular formula is C26H28N2O5. The predicted molar refractivity (Wildman–Crippen MR) is 125 cm³/mol. The Morgan fingerprint density at radius 3 is 2.39 bits per heavy atom. The van der Waals surface area contributed by atoms with E-state index < -0.39 is 6.04 Å². The molecule has 7 heteroatoms. The van der Waals surface area contributed by atoms with E-state index in [4.69, 9.17) is 14.2 Å². The summed E-state index contributed by atoms with van der Waals surface area (Å²) in [7, 11) is 4.80. The Morgan fingerprint density at radius 2 is 1.73 bits per heavy atom. The summed E-state index contributed by atoms with van der Waals surface area (Å²) < 4.78 is 16.4. The van der Waals surface area contributed by atoms with Gasteiger partial charge in [0.1, 0.15) is 5.75 Å². The highest BCUT2D eigenvalue weighted by Crippen LogP contribution is 2.42. The molecule has 0 spiro atoms. The Bertz CT molecular complexity index is 1280. The Labute approximate surface area is 192 Å². The molecule has 1 aliphatic heterocycles. The molecule has 1 aliphatic carbocycles. The molecule has 7 nitrogen and oxygen atoms in total. The maximum absolute atomic E-state index is 13.5. The standard InChI is InChI=1S/C26H28N2O5/c1-31-18-8-7-17-11-20(25(29)27-21(17)13-18)24-19-14-23(33-3)22(32-2)12-16(19)9-10-28(24)26(30)15-5-4-6-15/h7-8,11-15,24H,4-6,9-10H2,1-3H3,(H,27,29)/t24-/m0/s1. The van der Waals surface area contributed by atoms with Crippen LogP contribution in [0.4, 0.5) is 0 Å². The fourth-order valence-corrected chi connectivity index (χ4v) is 4.94. The second-order valence-electron chi connectivity index (χ2n) is 8.72. The highest BCUT2D eigenvalue weighted by atomic mass is 16.5. The van der Waals surface area contributed by atoms with E-state index in [0.29, 0.717) is 41.3 Å². The summed E-state index contributed by atoms with van der Waals surface area (Å²) in [6.45, 7) is 0.558. The summed E-state index contributed by atoms with van der Waals surface area (Å²) in [5.74, 6) is 2.07. The number of pyridine rings is 1. The van der Waals surface area contributed by atoms with Crippen LogP contribution in [-0.4, -0.2) is 43.7 Å². The summed E-state index contributed by atoms with van der Waals surface area (Å²) in [6, 6.07) is 10.9. The van der Waals surface area contributed by atoms with E-state index in [2.05, 4.69) is 4.98 Å². The molecule has 1 fully saturated rings. The number of carbonyl (C=O) groups is 1. The molecule has 5 rings (SSSR count). The molecule has 172 valence electrons. The van der Waals surface area contributed by atoms with Crippen molar-refractivity contribution in [1.29, 1.82) is 0 Å². The first-order valence-electron chi connectivity index (χ1n) is 11.3. The SMILES string of the molecule is COc1ccc2cc([C@@H]3c4cc(OC)c(OC)cc4CCN3C(=O)C3CCC3)c(=O)[nH]c2c1. The van der Waals surface area contributed by atoms with Gasteiger partial charge in [-0.2, -0.15) is 0 Å². The number of fused-ring (bicyclic) bond motifs is 2. The van der Waals surface area contributed by atoms with Crippen molar-refractivity contribution in [3.63, 3.8) is 0 Å². The van der Waals surface area contributed by atoms with Gasteiger partial charge in [-0.3, -0.25) is 9.59 Å². The maximum Gasteiger partial charge on any atom is 0.254 e. The van der Waals surface area contributed by atoms with E-state index in [1.807, 2.05) is 35.2 Å². The van der Waals surface area contributed by atoms with Gasteiger partial charge in [-0.15, -0.1) is 0 Å². The van der Waals surface area contributed by atoms with Crippen LogP contribution in [0.2, 0.25) is 0 Å². The number of methoxy groups -OCH3 is 3. The van der Waals surface area contributed by atoms with Crippen LogP contribution < -0.4 is 19.8 Å². The second-order valence-corrected chi connectivity index (χ2v) is 8.72. The third-order valence-corrected chi connectivity index (χ3v) is 6.99. The van der Waals surface area contributed by atoms with Crippen LogP contribution in [0.25, 0.3) is 10.9 Å². The molecule has 1 aromatic heterocycles. The lowest BCUT2D eigenvalue weighted by Gasteiger charge is -2.41. The minimum atomic E-state index is -0.489. The molecule has 1 atom stereocenters. The van der Waals surface area contributed by atoms with Gasteiger partial charge in [0.2, 0.25) is 5.91 Å². The first kappa shape index (κ1) is 21.4. The van der Waals surface area contributed by atoms with Crippen molar-refractivity contribution in [2.45, 2.75) is 31.7 Å². The molecule has 1 N–H and O–H groups in total. The Kier molecular flexibility index (Phi) is 5.48. The zero-order valence-electron chi connectivity index (χ0n) is 19.1. The van der Waals surface area contributed by atoms with E-state index in [0.717, 1.165) is 35.8 Å². The largest absolute Gasteiger partial charge is 0.497 e. The zero-order chi connectivity index (χ0) is 23.1. The van der Waals surface area contributed by atoms with Crippen molar-refractivity contribution in [3.05, 3.63) is 63.4 Å². The van der Waals surface area contributed by atoms with Crippen molar-refractivity contribution in [2.24, 2.45) is 5.92 Å². The molecule has 0 unspecified atom stereocenters. The van der Waals surface area contributed by atoms with Crippen molar-refractivity contribution in [3.8, 4) is 17.2 Å². The van der Waals surface area contributed by atoms with Gasteiger partial charge in [0.15, 0.2) is 11.5 Å². The summed E-state index contributed by atoms with van der Waals surface area (Å²) in [5, 5.41) is 0.883. The number of H-pyrrole nitrogens is 1. The highest BCUT2D eigenvalue weighted by Gasteiger charge is 2.39. The lowest BCUT2D eigenvalue weighted by molar-refractivity contribution is -0.140. The number of amides is 1. The molecule has 33 heavy (non-hydrogen) atoms. The van der Waals surface area contributed by atoms with Crippen LogP contribution in [0, 0.1) is 5.92 Å². The van der Waals surface area contributed by atoms with Crippen LogP contribution in [0.1, 0.15) is 42.0 Å². The fraction of sp³-hybridized carbons (Fsp3) is 0.385. The topological polar surface area (TPSA) is 80.9 Å². The minimum Gasteiger partial charge on any atom is -0.497 e. The first-order chi connectivity index (χ1) is 16.0. The molecule has 1 amide bonds. The molecule has 0 radical (unpaired) electrons. The Hall–Kier alpha value is -3.48. The van der Waals surface area contributed by atoms with Crippen molar-refractivity contribution in [2.75, 3.05) is 27.9 Å². The smallest absolute Gasteiger partial charge is 0.254 e. The molecule has 2 aliphatic rings. The van der Waals surface area contributed by atoms with Crippen molar-refractivity contribution in [1.82, 2.24) is 9.88 Å². The average Bonchev–Trinajstić information content (AvgIpc) is 2.80. The Morgan fingerprint density at radius 1 is 0.970 bits per heavy atom. The lowest BCUT2D eigenvalue weighted by Crippen LogP contribution is -2.46. The molecule has 0 bridgehead atoms. The minimum absolute atomic E-state index is 0.0398. The number of ether oxygens (including phenoxy) is 3. The number of carbonyl (C=O) groups excluding carboxylic acids is 1. The van der Waals surface area contributed by atoms with Crippen molar-refractivity contribution >= 4 is 16.8 Å². The van der Waals surface area contributed by atoms with Crippen LogP contribution >= 0.6 is 0 Å². The van der Waals surface area contributed by atoms with Crippen LogP contribution in [0.3, 0.4) is 0 Å². The quantitative estimate of drug-likeness (QED) is 0.642. The lowest BCUT2D eigenvalue weighted by atomic mass is 9.81. The monoisotopic (exact) mass is 448 g/mol. The second kappa shape index (κ2) is 8.46. The fourth-order valence-electron chi connectivity index (χ4n) is 4.94. The van der Waals surface area contributed by atoms with E-state index in [-0.39, 0.29) is 17.4 Å². The Balaban J connectivity index is 1.69. The van der Waals surface area contributed by atoms with Crippen LogP contribution in [0.15, 0.2) is 41.2 Å². The molecule has 0 saturated heterocycles. The average molecular weight is 449 g/mol. The van der Waals surface area contributed by atoms with Gasteiger partial charge in [-0.05, 0) is 66.1 Å². The third kappa shape index (κ3) is 3.61. The molecule has 3 aromatic rings. The van der Waals surface area contributed by atoms with Crippen molar-refractivity contribution < 1.29 is 19.0 Å². The van der Waals surface area contributed by atoms with Gasteiger partial charge in [0.25, 0.3) is 5.56 Å². The number of aromatic nitrogens is 1. The summed E-state index contributed by atoms with van der Waals surface area (Å²) >= 11 is 0. The third-order valence-electron chi connectivity index (χ3n) is 6.99. The van der Waals surface area contributed by atoms with Gasteiger partial charge in [0, 0.05) is 24.1 Å². The molecular weight excluding hydrogens is 420 g/mol. The highest BCUT2D eigenvalue weighted by molar-refractivity contribution is 5.83. The molecule has 2 aromatic carbocycles. The van der Waals surface area contributed by atoms with Gasteiger partial charge in [-0.1, -0.05) is 6.42 Å². The zero-order valence-corrected chi connectivity index (χ0v) is 19.1. The maximum atomic E-state index is 13.5. The van der Waals surface area contributed by atoms with E-state index in [1.165, 1.54) is 0 Å². The van der Waals surface area contributed by atoms with Gasteiger partial charge >= 0.3 is 0 Å². The van der Waals surface area contributed by atoms with E-state index >= 15 is 0 Å². The number of hydrogen-bond acceptors (Lipinski definition) is 5. The van der Waals surface area contributed by atoms with Crippen LogP contribution in [0.5, 0.6) is 17.2 Å². The number of benzene rings is 2. The summed E-state index contributed by atoms with van der Waals surface area (Å²) in [5.41, 5.74) is 3.00. The predicted octanol–water partition coefficient (Wildman–Crippen LogP) is 3.83. The van der Waals surface area contributed by atoms with E-state index in [9.17, 15) is 9.59 Å².